The lowest BCUT2D eigenvalue weighted by atomic mass is 10.1. The van der Waals surface area contributed by atoms with E-state index in [1.54, 1.807) is 11.8 Å². The van der Waals surface area contributed by atoms with Gasteiger partial charge in [0.25, 0.3) is 0 Å². The summed E-state index contributed by atoms with van der Waals surface area (Å²) in [4.78, 5) is 19.8. The van der Waals surface area contributed by atoms with Gasteiger partial charge in [0.15, 0.2) is 0 Å². The summed E-state index contributed by atoms with van der Waals surface area (Å²) in [5, 5.41) is 15.8. The first-order valence-electron chi connectivity index (χ1n) is 7.85. The van der Waals surface area contributed by atoms with Crippen molar-refractivity contribution in [3.63, 3.8) is 0 Å². The number of aliphatic hydroxyl groups excluding tert-OH is 1. The summed E-state index contributed by atoms with van der Waals surface area (Å²) < 4.78 is 0. The molecular formula is C16H23ClN4O2S. The third kappa shape index (κ3) is 4.63. The molecule has 1 aromatic heterocycles. The average Bonchev–Trinajstić information content (AvgIpc) is 3.16. The molecule has 3 unspecified atom stereocenters. The van der Waals surface area contributed by atoms with E-state index in [1.165, 1.54) is 0 Å². The van der Waals surface area contributed by atoms with Crippen LogP contribution in [-0.4, -0.2) is 52.5 Å². The van der Waals surface area contributed by atoms with E-state index in [-0.39, 0.29) is 35.6 Å². The van der Waals surface area contributed by atoms with Crippen molar-refractivity contribution in [3.05, 3.63) is 30.1 Å². The topological polar surface area (TPSA) is 90.0 Å². The molecule has 0 bridgehead atoms. The van der Waals surface area contributed by atoms with E-state index in [9.17, 15) is 9.90 Å². The van der Waals surface area contributed by atoms with Crippen LogP contribution in [-0.2, 0) is 4.79 Å². The molecule has 1 amide bonds. The minimum absolute atomic E-state index is 0. The smallest absolute Gasteiger partial charge is 0.230 e. The second kappa shape index (κ2) is 8.71. The Morgan fingerprint density at radius 3 is 2.96 bits per heavy atom. The largest absolute Gasteiger partial charge is 0.391 e. The fourth-order valence-corrected chi connectivity index (χ4v) is 3.44. The Morgan fingerprint density at radius 1 is 1.46 bits per heavy atom. The number of thioether (sulfide) groups is 1. The normalized spacial score (nSPS) is 21.4. The summed E-state index contributed by atoms with van der Waals surface area (Å²) in [6.07, 6.45) is -0.363. The van der Waals surface area contributed by atoms with E-state index in [1.807, 2.05) is 31.2 Å². The Bertz CT molecular complexity index is 648. The molecule has 132 valence electrons. The number of imidazole rings is 1. The quantitative estimate of drug-likeness (QED) is 0.618. The van der Waals surface area contributed by atoms with Gasteiger partial charge in [0.2, 0.25) is 5.91 Å². The summed E-state index contributed by atoms with van der Waals surface area (Å²) >= 11 is 1.55. The number of hydrogen-bond acceptors (Lipinski definition) is 5. The van der Waals surface area contributed by atoms with Gasteiger partial charge in [0.05, 0.1) is 28.1 Å². The molecule has 0 aliphatic carbocycles. The molecule has 0 spiro atoms. The number of nitrogens with zero attached hydrogens (tertiary/aromatic N) is 1. The van der Waals surface area contributed by atoms with Crippen LogP contribution < -0.4 is 10.6 Å². The van der Waals surface area contributed by atoms with Gasteiger partial charge in [-0.05, 0) is 19.1 Å². The van der Waals surface area contributed by atoms with Crippen LogP contribution in [0.4, 0.5) is 0 Å². The number of fused-ring (bicyclic) bond motifs is 1. The highest BCUT2D eigenvalue weighted by Gasteiger charge is 2.25. The van der Waals surface area contributed by atoms with Gasteiger partial charge in [0, 0.05) is 25.6 Å². The minimum atomic E-state index is -0.363. The van der Waals surface area contributed by atoms with Crippen LogP contribution in [0.25, 0.3) is 11.0 Å². The predicted molar refractivity (Wildman–Crippen MR) is 99.6 cm³/mol. The Labute approximate surface area is 151 Å². The number of aliphatic hydroxyl groups is 1. The summed E-state index contributed by atoms with van der Waals surface area (Å²) in [6, 6.07) is 7.91. The standard InChI is InChI=1S/C16H22N4O2S.ClH/c1-10(16-19-12-4-2-3-5-13(12)20-16)23-9-15(22)18-7-11-6-17-8-14(11)21;/h2-5,10-11,14,17,21H,6-9H2,1H3,(H,18,22)(H,19,20);1H. The zero-order valence-corrected chi connectivity index (χ0v) is 15.1. The van der Waals surface area contributed by atoms with Gasteiger partial charge in [-0.2, -0.15) is 0 Å². The first-order valence-corrected chi connectivity index (χ1v) is 8.90. The number of hydrogen-bond donors (Lipinski definition) is 4. The van der Waals surface area contributed by atoms with Gasteiger partial charge in [-0.15, -0.1) is 24.2 Å². The number of halogens is 1. The van der Waals surface area contributed by atoms with Gasteiger partial charge in [-0.25, -0.2) is 4.98 Å². The van der Waals surface area contributed by atoms with Crippen molar-refractivity contribution >= 4 is 41.1 Å². The van der Waals surface area contributed by atoms with E-state index in [0.717, 1.165) is 23.4 Å². The molecule has 0 saturated carbocycles. The number of amides is 1. The molecule has 4 N–H and O–H groups in total. The third-order valence-electron chi connectivity index (χ3n) is 4.12. The number of carbonyl (C=O) groups excluding carboxylic acids is 1. The van der Waals surface area contributed by atoms with E-state index in [0.29, 0.717) is 18.8 Å². The van der Waals surface area contributed by atoms with Crippen molar-refractivity contribution in [2.24, 2.45) is 5.92 Å². The summed E-state index contributed by atoms with van der Waals surface area (Å²) in [6.45, 7) is 3.93. The summed E-state index contributed by atoms with van der Waals surface area (Å²) in [7, 11) is 0. The van der Waals surface area contributed by atoms with Gasteiger partial charge in [-0.1, -0.05) is 12.1 Å². The number of β-amino-alcohol motifs (C(OH)–C–C–N with tert-alkyl or cyclic N) is 1. The number of carbonyl (C=O) groups is 1. The second-order valence-corrected chi connectivity index (χ2v) is 7.21. The zero-order valence-electron chi connectivity index (χ0n) is 13.5. The number of aromatic nitrogens is 2. The van der Waals surface area contributed by atoms with Crippen molar-refractivity contribution in [1.29, 1.82) is 0 Å². The summed E-state index contributed by atoms with van der Waals surface area (Å²) in [5.41, 5.74) is 1.96. The first kappa shape index (κ1) is 19.1. The molecule has 3 rings (SSSR count). The molecule has 1 saturated heterocycles. The maximum absolute atomic E-state index is 11.9. The molecule has 6 nitrogen and oxygen atoms in total. The maximum Gasteiger partial charge on any atom is 0.230 e. The Hall–Kier alpha value is -1.28. The van der Waals surface area contributed by atoms with Crippen LogP contribution in [0.2, 0.25) is 0 Å². The van der Waals surface area contributed by atoms with Crippen LogP contribution in [0, 0.1) is 5.92 Å². The maximum atomic E-state index is 11.9. The zero-order chi connectivity index (χ0) is 16.2. The highest BCUT2D eigenvalue weighted by molar-refractivity contribution is 8.00. The SMILES string of the molecule is CC(SCC(=O)NCC1CNCC1O)c1nc2ccccc2[nH]1.Cl. The van der Waals surface area contributed by atoms with Gasteiger partial charge < -0.3 is 20.7 Å². The highest BCUT2D eigenvalue weighted by atomic mass is 35.5. The number of H-pyrrole nitrogens is 1. The van der Waals surface area contributed by atoms with Crippen LogP contribution in [0.5, 0.6) is 0 Å². The number of nitrogens with one attached hydrogen (secondary N) is 3. The Morgan fingerprint density at radius 2 is 2.25 bits per heavy atom. The van der Waals surface area contributed by atoms with Gasteiger partial charge >= 0.3 is 0 Å². The Kier molecular flexibility index (Phi) is 6.91. The van der Waals surface area contributed by atoms with Gasteiger partial charge in [-0.3, -0.25) is 4.79 Å². The molecule has 24 heavy (non-hydrogen) atoms. The molecule has 1 aliphatic heterocycles. The predicted octanol–water partition coefficient (Wildman–Crippen LogP) is 1.48. The van der Waals surface area contributed by atoms with Crippen molar-refractivity contribution in [2.45, 2.75) is 18.3 Å². The van der Waals surface area contributed by atoms with Crippen LogP contribution in [0.3, 0.4) is 0 Å². The molecule has 1 aromatic carbocycles. The minimum Gasteiger partial charge on any atom is -0.391 e. The first-order chi connectivity index (χ1) is 11.1. The molecular weight excluding hydrogens is 348 g/mol. The number of aromatic amines is 1. The lowest BCUT2D eigenvalue weighted by molar-refractivity contribution is -0.118. The molecule has 1 fully saturated rings. The molecule has 8 heteroatoms. The lowest BCUT2D eigenvalue weighted by Crippen LogP contribution is -2.35. The molecule has 2 aromatic rings. The molecule has 1 aliphatic rings. The van der Waals surface area contributed by atoms with Crippen LogP contribution in [0.1, 0.15) is 18.0 Å². The highest BCUT2D eigenvalue weighted by Crippen LogP contribution is 2.27. The average molecular weight is 371 g/mol. The fraction of sp³-hybridized carbons (Fsp3) is 0.500. The fourth-order valence-electron chi connectivity index (χ4n) is 2.67. The van der Waals surface area contributed by atoms with Crippen LogP contribution >= 0.6 is 24.2 Å². The van der Waals surface area contributed by atoms with E-state index in [2.05, 4.69) is 20.6 Å². The number of rotatable bonds is 6. The van der Waals surface area contributed by atoms with Crippen LogP contribution in [0.15, 0.2) is 24.3 Å². The van der Waals surface area contributed by atoms with Crippen molar-refractivity contribution < 1.29 is 9.90 Å². The monoisotopic (exact) mass is 370 g/mol. The van der Waals surface area contributed by atoms with E-state index in [4.69, 9.17) is 0 Å². The lowest BCUT2D eigenvalue weighted by Gasteiger charge is -2.14. The van der Waals surface area contributed by atoms with Crippen molar-refractivity contribution in [2.75, 3.05) is 25.4 Å². The molecule has 2 heterocycles. The van der Waals surface area contributed by atoms with E-state index < -0.39 is 0 Å². The van der Waals surface area contributed by atoms with E-state index >= 15 is 0 Å². The van der Waals surface area contributed by atoms with Gasteiger partial charge in [0.1, 0.15) is 5.82 Å². The molecule has 3 atom stereocenters. The van der Waals surface area contributed by atoms with Crippen molar-refractivity contribution in [3.8, 4) is 0 Å². The van der Waals surface area contributed by atoms with Crippen molar-refractivity contribution in [1.82, 2.24) is 20.6 Å². The number of benzene rings is 1. The summed E-state index contributed by atoms with van der Waals surface area (Å²) in [5.74, 6) is 1.38. The Balaban J connectivity index is 0.00000208. The number of para-hydroxylation sites is 2. The molecule has 0 radical (unpaired) electrons. The second-order valence-electron chi connectivity index (χ2n) is 5.88. The third-order valence-corrected chi connectivity index (χ3v) is 5.27.